The molecule has 0 fully saturated rings. The van der Waals surface area contributed by atoms with E-state index in [1.807, 2.05) is 13.3 Å². The van der Waals surface area contributed by atoms with E-state index in [1.165, 1.54) is 22.2 Å². The summed E-state index contributed by atoms with van der Waals surface area (Å²) in [4.78, 5) is 25.3. The molecule has 2 aromatic carbocycles. The summed E-state index contributed by atoms with van der Waals surface area (Å²) in [6, 6.07) is 9.15. The maximum atomic E-state index is 12.8. The first-order chi connectivity index (χ1) is 18.7. The summed E-state index contributed by atoms with van der Waals surface area (Å²) >= 11 is 6.46. The third-order valence-electron chi connectivity index (χ3n) is 6.24. The van der Waals surface area contributed by atoms with Crippen molar-refractivity contribution >= 4 is 48.8 Å². The van der Waals surface area contributed by atoms with E-state index >= 15 is 0 Å². The molecule has 1 amide bonds. The molecule has 0 aliphatic carbocycles. The number of alkyl halides is 1. The van der Waals surface area contributed by atoms with Crippen molar-refractivity contribution in [2.45, 2.75) is 13.0 Å². The molecular formula is C27H33ClFN6O3P. The number of hydrogen-bond acceptors (Lipinski definition) is 8. The Hall–Kier alpha value is -3.20. The molecule has 9 nitrogen and oxygen atoms in total. The van der Waals surface area contributed by atoms with Gasteiger partial charge in [0.05, 0.1) is 32.8 Å². The van der Waals surface area contributed by atoms with Crippen molar-refractivity contribution in [1.29, 1.82) is 0 Å². The van der Waals surface area contributed by atoms with Crippen LogP contribution in [0.5, 0.6) is 11.5 Å². The van der Waals surface area contributed by atoms with Crippen molar-refractivity contribution in [1.82, 2.24) is 19.8 Å². The SMILES string of the molecule is COc1cc2c(cc1Nc1ncc(Cl)c(Nc3ccc(C(=O)N(C)CCF)cc3OP(C)C)n1)CN(C)CC2. The highest BCUT2D eigenvalue weighted by Gasteiger charge is 2.19. The molecule has 2 heterocycles. The van der Waals surface area contributed by atoms with Crippen LogP contribution in [0.2, 0.25) is 5.02 Å². The predicted octanol–water partition coefficient (Wildman–Crippen LogP) is 5.69. The number of carbonyl (C=O) groups excluding carboxylic acids is 1. The number of carbonyl (C=O) groups is 1. The predicted molar refractivity (Wildman–Crippen MR) is 155 cm³/mol. The van der Waals surface area contributed by atoms with E-state index in [1.54, 1.807) is 32.4 Å². The third-order valence-corrected chi connectivity index (χ3v) is 7.08. The number of nitrogens with zero attached hydrogens (tertiary/aromatic N) is 4. The first kappa shape index (κ1) is 28.8. The molecule has 0 radical (unpaired) electrons. The van der Waals surface area contributed by atoms with E-state index in [0.29, 0.717) is 39.5 Å². The van der Waals surface area contributed by atoms with E-state index in [0.717, 1.165) is 25.2 Å². The minimum absolute atomic E-state index is 0.0152. The van der Waals surface area contributed by atoms with Gasteiger partial charge in [-0.15, -0.1) is 0 Å². The van der Waals surface area contributed by atoms with Gasteiger partial charge >= 0.3 is 0 Å². The van der Waals surface area contributed by atoms with Crippen LogP contribution in [0, 0.1) is 0 Å². The zero-order chi connectivity index (χ0) is 28.1. The number of ether oxygens (including phenoxy) is 1. The highest BCUT2D eigenvalue weighted by Crippen LogP contribution is 2.39. The summed E-state index contributed by atoms with van der Waals surface area (Å²) in [5, 5.41) is 6.79. The Bertz CT molecular complexity index is 1350. The summed E-state index contributed by atoms with van der Waals surface area (Å²) in [6.45, 7) is 5.16. The van der Waals surface area contributed by atoms with Gasteiger partial charge in [-0.2, -0.15) is 4.98 Å². The summed E-state index contributed by atoms with van der Waals surface area (Å²) < 4.78 is 24.4. The molecule has 0 bridgehead atoms. The first-order valence-electron chi connectivity index (χ1n) is 12.4. The van der Waals surface area contributed by atoms with Crippen LogP contribution in [0.25, 0.3) is 0 Å². The summed E-state index contributed by atoms with van der Waals surface area (Å²) in [5.74, 6) is 1.58. The van der Waals surface area contributed by atoms with Crippen LogP contribution in [0.3, 0.4) is 0 Å². The zero-order valence-corrected chi connectivity index (χ0v) is 24.4. The van der Waals surface area contributed by atoms with Crippen LogP contribution in [-0.2, 0) is 13.0 Å². The van der Waals surface area contributed by atoms with Gasteiger partial charge in [0.1, 0.15) is 23.2 Å². The number of hydrogen-bond donors (Lipinski definition) is 2. The van der Waals surface area contributed by atoms with Crippen LogP contribution >= 0.6 is 19.7 Å². The molecular weight excluding hydrogens is 542 g/mol. The average Bonchev–Trinajstić information content (AvgIpc) is 2.90. The fourth-order valence-electron chi connectivity index (χ4n) is 4.24. The van der Waals surface area contributed by atoms with Crippen molar-refractivity contribution in [2.75, 3.05) is 64.9 Å². The molecule has 0 saturated heterocycles. The normalized spacial score (nSPS) is 13.1. The Balaban J connectivity index is 1.61. The Kier molecular flexibility index (Phi) is 9.43. The number of nitrogens with one attached hydrogen (secondary N) is 2. The van der Waals surface area contributed by atoms with Gasteiger partial charge in [0.25, 0.3) is 5.91 Å². The fourth-order valence-corrected chi connectivity index (χ4v) is 4.92. The van der Waals surface area contributed by atoms with Gasteiger partial charge < -0.3 is 29.7 Å². The molecule has 1 aromatic heterocycles. The molecule has 0 spiro atoms. The molecule has 1 aliphatic heterocycles. The second kappa shape index (κ2) is 12.8. The van der Waals surface area contributed by atoms with Crippen LogP contribution in [-0.4, -0.2) is 80.0 Å². The standard InChI is InChI=1S/C27H33ClFN6O3P/c1-34-10-8-17-13-23(37-3)22(12-19(17)16-34)32-27-30-15-20(28)25(33-27)31-21-7-6-18(14-24(21)38-39(4)5)26(36)35(2)11-9-29/h6-7,12-15H,8-11,16H2,1-5H3,(H2,30,31,32,33). The molecule has 0 saturated carbocycles. The number of aromatic nitrogens is 2. The molecule has 1 aliphatic rings. The van der Waals surface area contributed by atoms with Crippen molar-refractivity contribution in [3.63, 3.8) is 0 Å². The number of amides is 1. The number of halogens is 2. The molecule has 39 heavy (non-hydrogen) atoms. The smallest absolute Gasteiger partial charge is 0.253 e. The number of fused-ring (bicyclic) bond motifs is 1. The largest absolute Gasteiger partial charge is 0.495 e. The van der Waals surface area contributed by atoms with Crippen molar-refractivity contribution < 1.29 is 18.4 Å². The second-order valence-corrected chi connectivity index (χ2v) is 11.7. The minimum Gasteiger partial charge on any atom is -0.495 e. The van der Waals surface area contributed by atoms with Crippen LogP contribution in [0.15, 0.2) is 36.5 Å². The number of rotatable bonds is 10. The lowest BCUT2D eigenvalue weighted by Gasteiger charge is -2.26. The highest BCUT2D eigenvalue weighted by molar-refractivity contribution is 7.51. The van der Waals surface area contributed by atoms with Crippen LogP contribution in [0.4, 0.5) is 27.5 Å². The molecule has 4 rings (SSSR count). The van der Waals surface area contributed by atoms with E-state index in [2.05, 4.69) is 44.7 Å². The van der Waals surface area contributed by atoms with E-state index in [-0.39, 0.29) is 12.5 Å². The molecule has 0 unspecified atom stereocenters. The maximum absolute atomic E-state index is 12.8. The summed E-state index contributed by atoms with van der Waals surface area (Å²) in [5.41, 5.74) is 4.23. The van der Waals surface area contributed by atoms with Gasteiger partial charge in [0.15, 0.2) is 5.82 Å². The van der Waals surface area contributed by atoms with Gasteiger partial charge in [-0.3, -0.25) is 4.79 Å². The monoisotopic (exact) mass is 574 g/mol. The summed E-state index contributed by atoms with van der Waals surface area (Å²) in [6.07, 6.45) is 2.47. The quantitative estimate of drug-likeness (QED) is 0.298. The first-order valence-corrected chi connectivity index (χ1v) is 15.0. The Morgan fingerprint density at radius 1 is 1.18 bits per heavy atom. The van der Waals surface area contributed by atoms with Crippen LogP contribution < -0.4 is 19.9 Å². The molecule has 208 valence electrons. The Labute approximate surface area is 234 Å². The van der Waals surface area contributed by atoms with Gasteiger partial charge in [-0.1, -0.05) is 11.6 Å². The average molecular weight is 575 g/mol. The maximum Gasteiger partial charge on any atom is 0.253 e. The number of anilines is 4. The topological polar surface area (TPSA) is 91.8 Å². The molecule has 2 N–H and O–H groups in total. The van der Waals surface area contributed by atoms with E-state index in [9.17, 15) is 9.18 Å². The Morgan fingerprint density at radius 2 is 1.97 bits per heavy atom. The lowest BCUT2D eigenvalue weighted by Crippen LogP contribution is -2.28. The number of likely N-dealkylation sites (N-methyl/N-ethyl adjacent to an activating group) is 1. The fraction of sp³-hybridized carbons (Fsp3) is 0.370. The molecule has 12 heteroatoms. The zero-order valence-electron chi connectivity index (χ0n) is 22.7. The lowest BCUT2D eigenvalue weighted by atomic mass is 9.99. The van der Waals surface area contributed by atoms with Gasteiger partial charge in [-0.25, -0.2) is 9.37 Å². The van der Waals surface area contributed by atoms with Gasteiger partial charge in [0, 0.05) is 32.2 Å². The van der Waals surface area contributed by atoms with Crippen molar-refractivity contribution in [3.05, 3.63) is 58.2 Å². The lowest BCUT2D eigenvalue weighted by molar-refractivity contribution is 0.0786. The van der Waals surface area contributed by atoms with E-state index in [4.69, 9.17) is 20.9 Å². The number of methoxy groups -OCH3 is 1. The van der Waals surface area contributed by atoms with Crippen molar-refractivity contribution in [3.8, 4) is 11.5 Å². The Morgan fingerprint density at radius 3 is 2.69 bits per heavy atom. The second-order valence-electron chi connectivity index (χ2n) is 9.48. The molecule has 3 aromatic rings. The van der Waals surface area contributed by atoms with Crippen molar-refractivity contribution in [2.24, 2.45) is 0 Å². The van der Waals surface area contributed by atoms with Gasteiger partial charge in [0.2, 0.25) is 5.95 Å². The van der Waals surface area contributed by atoms with Crippen LogP contribution in [0.1, 0.15) is 21.5 Å². The van der Waals surface area contributed by atoms with E-state index < -0.39 is 14.8 Å². The summed E-state index contributed by atoms with van der Waals surface area (Å²) in [7, 11) is 4.50. The number of benzene rings is 2. The molecule has 0 atom stereocenters. The van der Waals surface area contributed by atoms with Gasteiger partial charge in [-0.05, 0) is 68.3 Å². The third kappa shape index (κ3) is 7.06. The minimum atomic E-state index is -0.802. The highest BCUT2D eigenvalue weighted by atomic mass is 35.5.